The number of carbonyl (C=O) groups excluding carboxylic acids is 1. The Labute approximate surface area is 162 Å². The molecule has 3 aromatic rings. The van der Waals surface area contributed by atoms with Gasteiger partial charge in [0.25, 0.3) is 5.91 Å². The third-order valence-corrected chi connectivity index (χ3v) is 4.68. The summed E-state index contributed by atoms with van der Waals surface area (Å²) in [6, 6.07) is 17.3. The van der Waals surface area contributed by atoms with E-state index in [1.54, 1.807) is 6.21 Å². The van der Waals surface area contributed by atoms with Crippen molar-refractivity contribution < 1.29 is 9.53 Å². The first-order chi connectivity index (χ1) is 13.0. The second kappa shape index (κ2) is 8.60. The molecule has 0 fully saturated rings. The average molecular weight is 379 g/mol. The van der Waals surface area contributed by atoms with E-state index < -0.39 is 0 Å². The Balaban J connectivity index is 1.64. The maximum Gasteiger partial charge on any atom is 0.291 e. The molecule has 27 heavy (non-hydrogen) atoms. The van der Waals surface area contributed by atoms with Crippen molar-refractivity contribution in [2.24, 2.45) is 5.10 Å². The van der Waals surface area contributed by atoms with Crippen LogP contribution in [0.3, 0.4) is 0 Å². The van der Waals surface area contributed by atoms with Crippen molar-refractivity contribution in [1.82, 2.24) is 10.4 Å². The molecule has 138 valence electrons. The van der Waals surface area contributed by atoms with Crippen LogP contribution in [0.25, 0.3) is 10.6 Å². The maximum atomic E-state index is 12.4. The van der Waals surface area contributed by atoms with Gasteiger partial charge in [-0.2, -0.15) is 5.10 Å². The van der Waals surface area contributed by atoms with E-state index in [1.807, 2.05) is 75.4 Å². The number of nitrogens with zero attached hydrogens (tertiary/aromatic N) is 2. The van der Waals surface area contributed by atoms with Gasteiger partial charge in [0.2, 0.25) is 0 Å². The highest BCUT2D eigenvalue weighted by Gasteiger charge is 2.15. The van der Waals surface area contributed by atoms with Gasteiger partial charge in [0.05, 0.1) is 12.3 Å². The SMILES string of the molecule is Cc1sc(-c2ccccc2)nc1C(=O)N/N=C\c1ccc(OC(C)C)cc1. The Kier molecular flexibility index (Phi) is 5.98. The molecule has 6 heteroatoms. The fraction of sp³-hybridized carbons (Fsp3) is 0.190. The van der Waals surface area contributed by atoms with Gasteiger partial charge in [0.15, 0.2) is 0 Å². The Morgan fingerprint density at radius 3 is 2.52 bits per heavy atom. The summed E-state index contributed by atoms with van der Waals surface area (Å²) >= 11 is 1.49. The van der Waals surface area contributed by atoms with Gasteiger partial charge >= 0.3 is 0 Å². The molecule has 1 heterocycles. The highest BCUT2D eigenvalue weighted by Crippen LogP contribution is 2.27. The second-order valence-corrected chi connectivity index (χ2v) is 7.43. The van der Waals surface area contributed by atoms with E-state index in [1.165, 1.54) is 11.3 Å². The number of aromatic nitrogens is 1. The van der Waals surface area contributed by atoms with Gasteiger partial charge in [-0.25, -0.2) is 10.4 Å². The number of thiazole rings is 1. The fourth-order valence-corrected chi connectivity index (χ4v) is 3.35. The second-order valence-electron chi connectivity index (χ2n) is 6.22. The first-order valence-corrected chi connectivity index (χ1v) is 9.47. The van der Waals surface area contributed by atoms with Crippen molar-refractivity contribution >= 4 is 23.5 Å². The number of nitrogens with one attached hydrogen (secondary N) is 1. The number of rotatable bonds is 6. The van der Waals surface area contributed by atoms with E-state index in [4.69, 9.17) is 4.74 Å². The minimum Gasteiger partial charge on any atom is -0.491 e. The monoisotopic (exact) mass is 379 g/mol. The predicted octanol–water partition coefficient (Wildman–Crippen LogP) is 4.67. The Hall–Kier alpha value is -2.99. The molecular formula is C21H21N3O2S. The highest BCUT2D eigenvalue weighted by molar-refractivity contribution is 7.15. The number of amides is 1. The Morgan fingerprint density at radius 2 is 1.85 bits per heavy atom. The van der Waals surface area contributed by atoms with Gasteiger partial charge in [-0.1, -0.05) is 30.3 Å². The first kappa shape index (κ1) is 18.8. The van der Waals surface area contributed by atoms with Gasteiger partial charge in [0, 0.05) is 10.4 Å². The molecule has 0 bridgehead atoms. The van der Waals surface area contributed by atoms with Crippen LogP contribution in [0.5, 0.6) is 5.75 Å². The fourth-order valence-electron chi connectivity index (χ4n) is 2.43. The van der Waals surface area contributed by atoms with Crippen LogP contribution in [0.1, 0.15) is 34.8 Å². The van der Waals surface area contributed by atoms with E-state index in [9.17, 15) is 4.79 Å². The van der Waals surface area contributed by atoms with Crippen molar-refractivity contribution in [3.05, 3.63) is 70.7 Å². The van der Waals surface area contributed by atoms with Gasteiger partial charge < -0.3 is 4.74 Å². The molecule has 0 spiro atoms. The lowest BCUT2D eigenvalue weighted by atomic mass is 10.2. The zero-order chi connectivity index (χ0) is 19.2. The topological polar surface area (TPSA) is 63.6 Å². The van der Waals surface area contributed by atoms with Crippen molar-refractivity contribution in [2.75, 3.05) is 0 Å². The van der Waals surface area contributed by atoms with Crippen LogP contribution in [0.2, 0.25) is 0 Å². The van der Waals surface area contributed by atoms with Crippen molar-refractivity contribution in [1.29, 1.82) is 0 Å². The number of aryl methyl sites for hydroxylation is 1. The summed E-state index contributed by atoms with van der Waals surface area (Å²) in [5, 5.41) is 4.85. The molecule has 0 atom stereocenters. The van der Waals surface area contributed by atoms with Crippen LogP contribution in [0, 0.1) is 6.92 Å². The highest BCUT2D eigenvalue weighted by atomic mass is 32.1. The minimum atomic E-state index is -0.318. The van der Waals surface area contributed by atoms with E-state index in [0.717, 1.165) is 26.8 Å². The standard InChI is InChI=1S/C21H21N3O2S/c1-14(2)26-18-11-9-16(10-12-18)13-22-24-20(25)19-15(3)27-21(23-19)17-7-5-4-6-8-17/h4-14H,1-3H3,(H,24,25)/b22-13-. The summed E-state index contributed by atoms with van der Waals surface area (Å²) in [6.07, 6.45) is 1.72. The van der Waals surface area contributed by atoms with Gasteiger partial charge in [0.1, 0.15) is 16.5 Å². The van der Waals surface area contributed by atoms with Gasteiger partial charge in [-0.05, 0) is 50.6 Å². The van der Waals surface area contributed by atoms with Gasteiger partial charge in [-0.3, -0.25) is 4.79 Å². The zero-order valence-electron chi connectivity index (χ0n) is 15.5. The van der Waals surface area contributed by atoms with Crippen LogP contribution >= 0.6 is 11.3 Å². The molecule has 1 aromatic heterocycles. The molecule has 0 saturated heterocycles. The van der Waals surface area contributed by atoms with Crippen LogP contribution in [0.15, 0.2) is 59.7 Å². The molecule has 5 nitrogen and oxygen atoms in total. The first-order valence-electron chi connectivity index (χ1n) is 8.66. The summed E-state index contributed by atoms with van der Waals surface area (Å²) in [5.41, 5.74) is 4.81. The van der Waals surface area contributed by atoms with E-state index in [-0.39, 0.29) is 12.0 Å². The van der Waals surface area contributed by atoms with E-state index >= 15 is 0 Å². The minimum absolute atomic E-state index is 0.130. The molecule has 1 amide bonds. The maximum absolute atomic E-state index is 12.4. The van der Waals surface area contributed by atoms with Crippen molar-refractivity contribution in [3.8, 4) is 16.3 Å². The normalized spacial score (nSPS) is 11.1. The molecule has 0 unspecified atom stereocenters. The third kappa shape index (κ3) is 5.01. The number of carbonyl (C=O) groups is 1. The molecule has 2 aromatic carbocycles. The quantitative estimate of drug-likeness (QED) is 0.500. The predicted molar refractivity (Wildman–Crippen MR) is 110 cm³/mol. The number of hydrogen-bond donors (Lipinski definition) is 1. The smallest absolute Gasteiger partial charge is 0.291 e. The molecule has 0 radical (unpaired) electrons. The Bertz CT molecular complexity index is 932. The molecule has 0 aliphatic rings. The summed E-state index contributed by atoms with van der Waals surface area (Å²) in [5.74, 6) is 0.486. The number of hydrazone groups is 1. The largest absolute Gasteiger partial charge is 0.491 e. The molecule has 0 saturated carbocycles. The van der Waals surface area contributed by atoms with Crippen molar-refractivity contribution in [2.45, 2.75) is 26.9 Å². The van der Waals surface area contributed by atoms with E-state index in [0.29, 0.717) is 5.69 Å². The van der Waals surface area contributed by atoms with E-state index in [2.05, 4.69) is 15.5 Å². The Morgan fingerprint density at radius 1 is 1.15 bits per heavy atom. The van der Waals surface area contributed by atoms with Crippen LogP contribution in [0.4, 0.5) is 0 Å². The molecule has 0 aliphatic heterocycles. The number of hydrogen-bond acceptors (Lipinski definition) is 5. The number of benzene rings is 2. The average Bonchev–Trinajstić information content (AvgIpc) is 3.05. The molecule has 3 rings (SSSR count). The summed E-state index contributed by atoms with van der Waals surface area (Å²) in [7, 11) is 0. The number of ether oxygens (including phenoxy) is 1. The summed E-state index contributed by atoms with van der Waals surface area (Å²) < 4.78 is 5.60. The lowest BCUT2D eigenvalue weighted by Gasteiger charge is -2.09. The molecular weight excluding hydrogens is 358 g/mol. The van der Waals surface area contributed by atoms with Crippen LogP contribution < -0.4 is 10.2 Å². The van der Waals surface area contributed by atoms with Crippen molar-refractivity contribution in [3.63, 3.8) is 0 Å². The summed E-state index contributed by atoms with van der Waals surface area (Å²) in [6.45, 7) is 5.85. The zero-order valence-corrected chi connectivity index (χ0v) is 16.3. The lowest BCUT2D eigenvalue weighted by molar-refractivity contribution is 0.0950. The third-order valence-electron chi connectivity index (χ3n) is 3.66. The molecule has 0 aliphatic carbocycles. The van der Waals surface area contributed by atoms with Crippen LogP contribution in [-0.4, -0.2) is 23.2 Å². The van der Waals surface area contributed by atoms with Crippen LogP contribution in [-0.2, 0) is 0 Å². The van der Waals surface area contributed by atoms with Gasteiger partial charge in [-0.15, -0.1) is 11.3 Å². The lowest BCUT2D eigenvalue weighted by Crippen LogP contribution is -2.18. The molecule has 1 N–H and O–H groups in total. The summed E-state index contributed by atoms with van der Waals surface area (Å²) in [4.78, 5) is 17.7.